The van der Waals surface area contributed by atoms with Crippen molar-refractivity contribution in [1.29, 1.82) is 0 Å². The van der Waals surface area contributed by atoms with Gasteiger partial charge in [0, 0.05) is 30.7 Å². The van der Waals surface area contributed by atoms with Crippen molar-refractivity contribution in [2.45, 2.75) is 47.6 Å². The Hall–Kier alpha value is -1.92. The van der Waals surface area contributed by atoms with E-state index in [1.807, 2.05) is 6.07 Å². The molecule has 2 heterocycles. The third kappa shape index (κ3) is 2.81. The van der Waals surface area contributed by atoms with Crippen LogP contribution in [0.1, 0.15) is 31.2 Å². The number of benzene rings is 2. The van der Waals surface area contributed by atoms with Crippen LogP contribution in [-0.4, -0.2) is 34.1 Å². The Morgan fingerprint density at radius 1 is 1.15 bits per heavy atom. The number of anilines is 1. The van der Waals surface area contributed by atoms with Crippen LogP contribution < -0.4 is 10.2 Å². The molecule has 2 aromatic carbocycles. The van der Waals surface area contributed by atoms with Crippen LogP contribution in [0, 0.1) is 5.82 Å². The molecule has 1 fully saturated rings. The lowest BCUT2D eigenvalue weighted by Crippen LogP contribution is -2.31. The fraction of sp³-hybridized carbons (Fsp3) is 0.400. The SMILES string of the molecule is CC1C[C@@H]2c3cc(S(=O)(=O)c4cccc(F)c4)ccc3N(C)[C@@H]2CCN1. The average molecular weight is 374 g/mol. The molecule has 138 valence electrons. The molecule has 3 atom stereocenters. The van der Waals surface area contributed by atoms with E-state index in [0.29, 0.717) is 18.0 Å². The van der Waals surface area contributed by atoms with Crippen molar-refractivity contribution in [3.63, 3.8) is 0 Å². The number of halogens is 1. The Labute approximate surface area is 153 Å². The Bertz CT molecular complexity index is 945. The molecule has 0 aliphatic carbocycles. The summed E-state index contributed by atoms with van der Waals surface area (Å²) >= 11 is 0. The summed E-state index contributed by atoms with van der Waals surface area (Å²) in [4.78, 5) is 2.51. The molecule has 2 aromatic rings. The van der Waals surface area contributed by atoms with Crippen molar-refractivity contribution in [1.82, 2.24) is 5.32 Å². The lowest BCUT2D eigenvalue weighted by molar-refractivity contribution is 0.496. The van der Waals surface area contributed by atoms with Gasteiger partial charge in [0.2, 0.25) is 9.84 Å². The van der Waals surface area contributed by atoms with Crippen molar-refractivity contribution in [2.24, 2.45) is 0 Å². The first-order valence-corrected chi connectivity index (χ1v) is 10.5. The van der Waals surface area contributed by atoms with Crippen LogP contribution in [0.15, 0.2) is 52.3 Å². The second kappa shape index (κ2) is 6.35. The van der Waals surface area contributed by atoms with Crippen molar-refractivity contribution >= 4 is 15.5 Å². The van der Waals surface area contributed by atoms with E-state index in [4.69, 9.17) is 0 Å². The van der Waals surface area contributed by atoms with Crippen LogP contribution in [0.3, 0.4) is 0 Å². The number of hydrogen-bond acceptors (Lipinski definition) is 4. The fourth-order valence-electron chi connectivity index (χ4n) is 4.36. The first-order valence-electron chi connectivity index (χ1n) is 8.99. The monoisotopic (exact) mass is 374 g/mol. The number of hydrogen-bond donors (Lipinski definition) is 1. The van der Waals surface area contributed by atoms with Gasteiger partial charge in [-0.1, -0.05) is 6.07 Å². The summed E-state index contributed by atoms with van der Waals surface area (Å²) in [5.74, 6) is -0.238. The maximum atomic E-state index is 13.5. The van der Waals surface area contributed by atoms with Gasteiger partial charge in [-0.15, -0.1) is 0 Å². The Kier molecular flexibility index (Phi) is 4.28. The van der Waals surface area contributed by atoms with E-state index < -0.39 is 15.7 Å². The molecular formula is C20H23FN2O2S. The minimum Gasteiger partial charge on any atom is -0.371 e. The quantitative estimate of drug-likeness (QED) is 0.876. The molecule has 0 bridgehead atoms. The van der Waals surface area contributed by atoms with E-state index in [9.17, 15) is 12.8 Å². The van der Waals surface area contributed by atoms with E-state index in [-0.39, 0.29) is 9.79 Å². The van der Waals surface area contributed by atoms with Crippen LogP contribution >= 0.6 is 0 Å². The van der Waals surface area contributed by atoms with Gasteiger partial charge in [-0.2, -0.15) is 0 Å². The molecule has 0 aromatic heterocycles. The molecule has 26 heavy (non-hydrogen) atoms. The highest BCUT2D eigenvalue weighted by molar-refractivity contribution is 7.91. The van der Waals surface area contributed by atoms with Crippen molar-refractivity contribution in [3.05, 3.63) is 53.8 Å². The van der Waals surface area contributed by atoms with Crippen LogP contribution in [0.25, 0.3) is 0 Å². The van der Waals surface area contributed by atoms with Gasteiger partial charge in [-0.3, -0.25) is 0 Å². The Balaban J connectivity index is 1.78. The van der Waals surface area contributed by atoms with Gasteiger partial charge in [-0.25, -0.2) is 12.8 Å². The summed E-state index contributed by atoms with van der Waals surface area (Å²) in [5, 5.41) is 3.51. The molecule has 4 nitrogen and oxygen atoms in total. The van der Waals surface area contributed by atoms with Gasteiger partial charge in [0.05, 0.1) is 9.79 Å². The van der Waals surface area contributed by atoms with Crippen molar-refractivity contribution < 1.29 is 12.8 Å². The van der Waals surface area contributed by atoms with Crippen molar-refractivity contribution in [3.8, 4) is 0 Å². The van der Waals surface area contributed by atoms with Crippen LogP contribution in [0.5, 0.6) is 0 Å². The number of sulfone groups is 1. The summed E-state index contributed by atoms with van der Waals surface area (Å²) in [6.45, 7) is 3.14. The summed E-state index contributed by atoms with van der Waals surface area (Å²) in [6, 6.07) is 11.3. The standard InChI is InChI=1S/C20H23FN2O2S/c1-13-10-17-18-12-16(26(24,25)15-5-3-4-14(21)11-15)6-7-19(18)23(2)20(17)8-9-22-13/h3-7,11-13,17,20,22H,8-10H2,1-2H3/t13?,17-,20-/m1/s1. The van der Waals surface area contributed by atoms with Gasteiger partial charge in [-0.05, 0) is 68.3 Å². The topological polar surface area (TPSA) is 49.4 Å². The molecule has 0 saturated carbocycles. The zero-order valence-corrected chi connectivity index (χ0v) is 15.8. The second-order valence-corrected chi connectivity index (χ2v) is 9.30. The van der Waals surface area contributed by atoms with Gasteiger partial charge in [0.25, 0.3) is 0 Å². The minimum absolute atomic E-state index is 0.00347. The largest absolute Gasteiger partial charge is 0.371 e. The Morgan fingerprint density at radius 3 is 2.69 bits per heavy atom. The molecule has 0 spiro atoms. The molecule has 1 saturated heterocycles. The summed E-state index contributed by atoms with van der Waals surface area (Å²) in [5.41, 5.74) is 2.19. The maximum absolute atomic E-state index is 13.5. The van der Waals surface area contributed by atoms with E-state index in [1.165, 1.54) is 18.2 Å². The first kappa shape index (κ1) is 17.5. The molecule has 6 heteroatoms. The van der Waals surface area contributed by atoms with Gasteiger partial charge in [0.15, 0.2) is 0 Å². The van der Waals surface area contributed by atoms with Gasteiger partial charge in [0.1, 0.15) is 5.82 Å². The predicted molar refractivity (Wildman–Crippen MR) is 99.9 cm³/mol. The van der Waals surface area contributed by atoms with Crippen molar-refractivity contribution in [2.75, 3.05) is 18.5 Å². The lowest BCUT2D eigenvalue weighted by atomic mass is 9.89. The molecule has 0 amide bonds. The zero-order chi connectivity index (χ0) is 18.5. The van der Waals surface area contributed by atoms with E-state index >= 15 is 0 Å². The molecule has 1 N–H and O–H groups in total. The summed E-state index contributed by atoms with van der Waals surface area (Å²) in [6.07, 6.45) is 2.01. The van der Waals surface area contributed by atoms with E-state index in [1.54, 1.807) is 12.1 Å². The predicted octanol–water partition coefficient (Wildman–Crippen LogP) is 3.33. The zero-order valence-electron chi connectivity index (χ0n) is 14.9. The highest BCUT2D eigenvalue weighted by atomic mass is 32.2. The molecule has 0 radical (unpaired) electrons. The third-order valence-electron chi connectivity index (χ3n) is 5.70. The number of likely N-dealkylation sites (N-methyl/N-ethyl adjacent to an activating group) is 1. The molecule has 2 aliphatic heterocycles. The van der Waals surface area contributed by atoms with Crippen LogP contribution in [-0.2, 0) is 9.84 Å². The third-order valence-corrected chi connectivity index (χ3v) is 7.45. The minimum atomic E-state index is -3.74. The van der Waals surface area contributed by atoms with Gasteiger partial charge >= 0.3 is 0 Å². The molecule has 1 unspecified atom stereocenters. The normalized spacial score (nSPS) is 25.5. The molecule has 2 aliphatic rings. The number of rotatable bonds is 2. The highest BCUT2D eigenvalue weighted by Crippen LogP contribution is 2.45. The number of nitrogens with zero attached hydrogens (tertiary/aromatic N) is 1. The number of nitrogens with one attached hydrogen (secondary N) is 1. The summed E-state index contributed by atoms with van der Waals surface area (Å²) < 4.78 is 39.4. The lowest BCUT2D eigenvalue weighted by Gasteiger charge is -2.25. The highest BCUT2D eigenvalue weighted by Gasteiger charge is 2.39. The summed E-state index contributed by atoms with van der Waals surface area (Å²) in [7, 11) is -1.65. The average Bonchev–Trinajstić information content (AvgIpc) is 2.76. The maximum Gasteiger partial charge on any atom is 0.206 e. The fourth-order valence-corrected chi connectivity index (χ4v) is 5.69. The van der Waals surface area contributed by atoms with Gasteiger partial charge < -0.3 is 10.2 Å². The first-order chi connectivity index (χ1) is 12.4. The van der Waals surface area contributed by atoms with Crippen LogP contribution in [0.2, 0.25) is 0 Å². The van der Waals surface area contributed by atoms with E-state index in [0.717, 1.165) is 36.7 Å². The molecule has 4 rings (SSSR count). The Morgan fingerprint density at radius 2 is 1.92 bits per heavy atom. The van der Waals surface area contributed by atoms with Crippen LogP contribution in [0.4, 0.5) is 10.1 Å². The number of fused-ring (bicyclic) bond motifs is 3. The van der Waals surface area contributed by atoms with E-state index in [2.05, 4.69) is 24.2 Å². The molecular weight excluding hydrogens is 351 g/mol. The smallest absolute Gasteiger partial charge is 0.206 e. The second-order valence-electron chi connectivity index (χ2n) is 7.35.